The van der Waals surface area contributed by atoms with Crippen LogP contribution in [0.5, 0.6) is 0 Å². The molecule has 1 amide bonds. The molecule has 72 valence electrons. The molecule has 0 radical (unpaired) electrons. The SMILES string of the molecule is NC(=O)CC#Cc1c(F)cccc1Cl. The highest BCUT2D eigenvalue weighted by molar-refractivity contribution is 6.31. The molecule has 0 bridgehead atoms. The maximum Gasteiger partial charge on any atom is 0.229 e. The number of hydrogen-bond acceptors (Lipinski definition) is 1. The van der Waals surface area contributed by atoms with Gasteiger partial charge in [0.1, 0.15) is 5.82 Å². The van der Waals surface area contributed by atoms with Crippen molar-refractivity contribution in [2.45, 2.75) is 6.42 Å². The molecule has 0 fully saturated rings. The van der Waals surface area contributed by atoms with E-state index in [0.29, 0.717) is 0 Å². The maximum atomic E-state index is 13.1. The van der Waals surface area contributed by atoms with Gasteiger partial charge in [-0.05, 0) is 12.1 Å². The Morgan fingerprint density at radius 1 is 1.57 bits per heavy atom. The zero-order valence-electron chi connectivity index (χ0n) is 7.18. The molecule has 0 heterocycles. The van der Waals surface area contributed by atoms with Crippen LogP contribution in [0.4, 0.5) is 4.39 Å². The lowest BCUT2D eigenvalue weighted by molar-refractivity contribution is -0.117. The van der Waals surface area contributed by atoms with E-state index < -0.39 is 11.7 Å². The van der Waals surface area contributed by atoms with Crippen molar-refractivity contribution in [3.05, 3.63) is 34.6 Å². The van der Waals surface area contributed by atoms with Gasteiger partial charge >= 0.3 is 0 Å². The monoisotopic (exact) mass is 211 g/mol. The molecule has 0 aromatic heterocycles. The number of benzene rings is 1. The van der Waals surface area contributed by atoms with Crippen LogP contribution < -0.4 is 5.73 Å². The van der Waals surface area contributed by atoms with Crippen molar-refractivity contribution in [3.8, 4) is 11.8 Å². The summed E-state index contributed by atoms with van der Waals surface area (Å²) < 4.78 is 13.1. The molecule has 0 spiro atoms. The van der Waals surface area contributed by atoms with E-state index >= 15 is 0 Å². The van der Waals surface area contributed by atoms with Gasteiger partial charge in [0.2, 0.25) is 5.91 Å². The largest absolute Gasteiger partial charge is 0.369 e. The molecule has 2 N–H and O–H groups in total. The number of nitrogens with two attached hydrogens (primary N) is 1. The predicted molar refractivity (Wildman–Crippen MR) is 52.1 cm³/mol. The van der Waals surface area contributed by atoms with Crippen LogP contribution in [0.3, 0.4) is 0 Å². The van der Waals surface area contributed by atoms with Gasteiger partial charge in [0.15, 0.2) is 0 Å². The van der Waals surface area contributed by atoms with Gasteiger partial charge in [-0.1, -0.05) is 29.5 Å². The molecule has 0 aliphatic carbocycles. The maximum absolute atomic E-state index is 13.1. The highest BCUT2D eigenvalue weighted by Crippen LogP contribution is 2.17. The lowest BCUT2D eigenvalue weighted by Crippen LogP contribution is -2.08. The van der Waals surface area contributed by atoms with Crippen LogP contribution in [-0.2, 0) is 4.79 Å². The Balaban J connectivity index is 2.94. The standard InChI is InChI=1S/C10H7ClFNO/c11-8-4-2-5-9(12)7(8)3-1-6-10(13)14/h2,4-5H,6H2,(H2,13,14). The minimum Gasteiger partial charge on any atom is -0.369 e. The van der Waals surface area contributed by atoms with E-state index in [1.165, 1.54) is 18.2 Å². The lowest BCUT2D eigenvalue weighted by atomic mass is 10.2. The number of rotatable bonds is 1. The van der Waals surface area contributed by atoms with E-state index in [0.717, 1.165) is 0 Å². The van der Waals surface area contributed by atoms with Crippen LogP contribution in [0.1, 0.15) is 12.0 Å². The van der Waals surface area contributed by atoms with Crippen molar-refractivity contribution in [2.75, 3.05) is 0 Å². The van der Waals surface area contributed by atoms with Crippen molar-refractivity contribution >= 4 is 17.5 Å². The van der Waals surface area contributed by atoms with Crippen LogP contribution in [0.2, 0.25) is 5.02 Å². The van der Waals surface area contributed by atoms with E-state index in [4.69, 9.17) is 17.3 Å². The molecule has 0 unspecified atom stereocenters. The minimum atomic E-state index is -0.551. The molecule has 4 heteroatoms. The fraction of sp³-hybridized carbons (Fsp3) is 0.100. The third kappa shape index (κ3) is 2.75. The molecule has 1 aromatic rings. The van der Waals surface area contributed by atoms with Gasteiger partial charge in [0.25, 0.3) is 0 Å². The molecular formula is C10H7ClFNO. The molecular weight excluding hydrogens is 205 g/mol. The Hall–Kier alpha value is -1.53. The Labute approximate surface area is 85.9 Å². The quantitative estimate of drug-likeness (QED) is 0.706. The van der Waals surface area contributed by atoms with E-state index in [9.17, 15) is 9.18 Å². The van der Waals surface area contributed by atoms with Crippen molar-refractivity contribution in [1.82, 2.24) is 0 Å². The number of amides is 1. The topological polar surface area (TPSA) is 43.1 Å². The van der Waals surface area contributed by atoms with Crippen LogP contribution in [0.15, 0.2) is 18.2 Å². The molecule has 0 saturated heterocycles. The molecule has 1 rings (SSSR count). The summed E-state index contributed by atoms with van der Waals surface area (Å²) in [7, 11) is 0. The number of hydrogen-bond donors (Lipinski definition) is 1. The number of halogens is 2. The minimum absolute atomic E-state index is 0.0930. The zero-order valence-corrected chi connectivity index (χ0v) is 7.94. The second-order valence-electron chi connectivity index (χ2n) is 2.54. The van der Waals surface area contributed by atoms with Crippen molar-refractivity contribution in [1.29, 1.82) is 0 Å². The summed E-state index contributed by atoms with van der Waals surface area (Å²) in [5.41, 5.74) is 4.96. The van der Waals surface area contributed by atoms with Crippen LogP contribution >= 0.6 is 11.6 Å². The summed E-state index contributed by atoms with van der Waals surface area (Å²) in [5.74, 6) is 3.83. The van der Waals surface area contributed by atoms with Crippen molar-refractivity contribution < 1.29 is 9.18 Å². The Bertz CT molecular complexity index is 400. The van der Waals surface area contributed by atoms with Gasteiger partial charge in [-0.25, -0.2) is 4.39 Å². The van der Waals surface area contributed by atoms with Gasteiger partial charge in [-0.3, -0.25) is 4.79 Å². The van der Waals surface area contributed by atoms with E-state index in [1.807, 2.05) is 0 Å². The van der Waals surface area contributed by atoms with Crippen LogP contribution in [0, 0.1) is 17.7 Å². The van der Waals surface area contributed by atoms with E-state index in [-0.39, 0.29) is 17.0 Å². The Kier molecular flexibility index (Phi) is 3.49. The molecule has 0 aliphatic rings. The number of carbonyl (C=O) groups excluding carboxylic acids is 1. The fourth-order valence-corrected chi connectivity index (χ4v) is 1.05. The zero-order chi connectivity index (χ0) is 10.6. The number of carbonyl (C=O) groups is 1. The second kappa shape index (κ2) is 4.64. The van der Waals surface area contributed by atoms with E-state index in [1.54, 1.807) is 0 Å². The number of primary amides is 1. The summed E-state index contributed by atoms with van der Waals surface area (Å²) >= 11 is 5.69. The summed E-state index contributed by atoms with van der Waals surface area (Å²) in [6.45, 7) is 0. The lowest BCUT2D eigenvalue weighted by Gasteiger charge is -1.95. The Morgan fingerprint density at radius 2 is 2.29 bits per heavy atom. The van der Waals surface area contributed by atoms with Crippen LogP contribution in [0.25, 0.3) is 0 Å². The summed E-state index contributed by atoms with van der Waals surface area (Å²) in [6, 6.07) is 4.26. The fourth-order valence-electron chi connectivity index (χ4n) is 0.837. The van der Waals surface area contributed by atoms with Gasteiger partial charge in [-0.15, -0.1) is 0 Å². The molecule has 0 atom stereocenters. The van der Waals surface area contributed by atoms with Gasteiger partial charge in [-0.2, -0.15) is 0 Å². The summed E-state index contributed by atoms with van der Waals surface area (Å²) in [4.78, 5) is 10.4. The smallest absolute Gasteiger partial charge is 0.229 e. The predicted octanol–water partition coefficient (Wildman–Crippen LogP) is 1.71. The first kappa shape index (κ1) is 10.6. The normalized spacial score (nSPS) is 9.00. The van der Waals surface area contributed by atoms with E-state index in [2.05, 4.69) is 11.8 Å². The summed E-state index contributed by atoms with van der Waals surface area (Å²) in [6.07, 6.45) is -0.106. The van der Waals surface area contributed by atoms with Crippen molar-refractivity contribution in [2.24, 2.45) is 5.73 Å². The molecule has 2 nitrogen and oxygen atoms in total. The molecule has 14 heavy (non-hydrogen) atoms. The third-order valence-electron chi connectivity index (χ3n) is 1.44. The first-order valence-corrected chi connectivity index (χ1v) is 4.20. The van der Waals surface area contributed by atoms with Gasteiger partial charge in [0, 0.05) is 0 Å². The first-order chi connectivity index (χ1) is 6.61. The average molecular weight is 212 g/mol. The second-order valence-corrected chi connectivity index (χ2v) is 2.95. The van der Waals surface area contributed by atoms with Crippen molar-refractivity contribution in [3.63, 3.8) is 0 Å². The third-order valence-corrected chi connectivity index (χ3v) is 1.75. The highest BCUT2D eigenvalue weighted by atomic mass is 35.5. The van der Waals surface area contributed by atoms with Gasteiger partial charge in [0.05, 0.1) is 17.0 Å². The summed E-state index contributed by atoms with van der Waals surface area (Å²) in [5, 5.41) is 0.224. The molecule has 0 saturated carbocycles. The van der Waals surface area contributed by atoms with Gasteiger partial charge < -0.3 is 5.73 Å². The highest BCUT2D eigenvalue weighted by Gasteiger charge is 2.02. The molecule has 1 aromatic carbocycles. The van der Waals surface area contributed by atoms with Crippen LogP contribution in [-0.4, -0.2) is 5.91 Å². The first-order valence-electron chi connectivity index (χ1n) is 3.82. The average Bonchev–Trinajstić information content (AvgIpc) is 2.09. The Morgan fingerprint density at radius 3 is 2.86 bits per heavy atom. The molecule has 0 aliphatic heterocycles.